The predicted molar refractivity (Wildman–Crippen MR) is 71.6 cm³/mol. The normalized spacial score (nSPS) is 11.3. The molecule has 0 aliphatic heterocycles. The summed E-state index contributed by atoms with van der Waals surface area (Å²) in [5.41, 5.74) is 8.32. The van der Waals surface area contributed by atoms with Crippen molar-refractivity contribution in [1.29, 1.82) is 0 Å². The zero-order valence-electron chi connectivity index (χ0n) is 10.5. The molecule has 0 saturated carbocycles. The van der Waals surface area contributed by atoms with Gasteiger partial charge in [0.15, 0.2) is 0 Å². The Morgan fingerprint density at radius 2 is 2.00 bits per heavy atom. The quantitative estimate of drug-likeness (QED) is 0.604. The number of benzene rings is 1. The van der Waals surface area contributed by atoms with E-state index in [0.29, 0.717) is 6.54 Å². The second kappa shape index (κ2) is 6.74. The van der Waals surface area contributed by atoms with Crippen LogP contribution in [0.5, 0.6) is 0 Å². The highest BCUT2D eigenvalue weighted by molar-refractivity contribution is 5.92. The molecule has 1 aromatic carbocycles. The lowest BCUT2D eigenvalue weighted by Gasteiger charge is -2.05. The Hall–Kier alpha value is -1.77. The van der Waals surface area contributed by atoms with Crippen LogP contribution >= 0.6 is 0 Å². The number of rotatable bonds is 5. The van der Waals surface area contributed by atoms with Gasteiger partial charge in [0.25, 0.3) is 0 Å². The summed E-state index contributed by atoms with van der Waals surface area (Å²) in [7, 11) is 0. The van der Waals surface area contributed by atoms with Gasteiger partial charge >= 0.3 is 0 Å². The van der Waals surface area contributed by atoms with E-state index in [4.69, 9.17) is 5.73 Å². The number of amides is 1. The fourth-order valence-electron chi connectivity index (χ4n) is 1.54. The van der Waals surface area contributed by atoms with Crippen LogP contribution < -0.4 is 11.1 Å². The minimum atomic E-state index is 0.0160. The maximum absolute atomic E-state index is 11.6. The van der Waals surface area contributed by atoms with Crippen LogP contribution in [0.3, 0.4) is 0 Å². The molecule has 3 heteroatoms. The van der Waals surface area contributed by atoms with E-state index < -0.39 is 0 Å². The van der Waals surface area contributed by atoms with Gasteiger partial charge in [-0.3, -0.25) is 4.79 Å². The molecule has 0 atom stereocenters. The molecular weight excluding hydrogens is 212 g/mol. The highest BCUT2D eigenvalue weighted by atomic mass is 16.1. The molecule has 0 heterocycles. The molecule has 0 spiro atoms. The molecule has 1 amide bonds. The number of hydrogen-bond donors (Lipinski definition) is 2. The van der Waals surface area contributed by atoms with E-state index >= 15 is 0 Å². The van der Waals surface area contributed by atoms with Crippen LogP contribution in [-0.4, -0.2) is 12.5 Å². The van der Waals surface area contributed by atoms with Gasteiger partial charge in [0.05, 0.1) is 0 Å². The average molecular weight is 232 g/mol. The molecule has 0 aromatic heterocycles. The van der Waals surface area contributed by atoms with Crippen molar-refractivity contribution in [3.05, 3.63) is 41.5 Å². The molecule has 17 heavy (non-hydrogen) atoms. The summed E-state index contributed by atoms with van der Waals surface area (Å²) in [5, 5.41) is 2.89. The summed E-state index contributed by atoms with van der Waals surface area (Å²) in [6, 6.07) is 7.71. The molecule has 0 radical (unpaired) electrons. The maximum atomic E-state index is 11.6. The third-order valence-electron chi connectivity index (χ3n) is 2.55. The summed E-state index contributed by atoms with van der Waals surface area (Å²) in [6.07, 6.45) is 3.64. The lowest BCUT2D eigenvalue weighted by molar-refractivity contribution is -0.117. The fourth-order valence-corrected chi connectivity index (χ4v) is 1.54. The van der Waals surface area contributed by atoms with Gasteiger partial charge in [0.1, 0.15) is 0 Å². The van der Waals surface area contributed by atoms with Crippen molar-refractivity contribution in [2.45, 2.75) is 26.7 Å². The number of nitrogen functional groups attached to an aromatic ring is 1. The van der Waals surface area contributed by atoms with Gasteiger partial charge in [0, 0.05) is 17.8 Å². The van der Waals surface area contributed by atoms with Crippen LogP contribution in [0.4, 0.5) is 5.69 Å². The van der Waals surface area contributed by atoms with E-state index in [-0.39, 0.29) is 5.91 Å². The predicted octanol–water partition coefficient (Wildman–Crippen LogP) is 2.28. The van der Waals surface area contributed by atoms with Crippen LogP contribution in [0.15, 0.2) is 35.9 Å². The van der Waals surface area contributed by atoms with Crippen LogP contribution in [0.2, 0.25) is 0 Å². The summed E-state index contributed by atoms with van der Waals surface area (Å²) in [5.74, 6) is 0.0160. The smallest absolute Gasteiger partial charge is 0.246 e. The molecule has 1 rings (SSSR count). The van der Waals surface area contributed by atoms with Gasteiger partial charge in [-0.25, -0.2) is 0 Å². The van der Waals surface area contributed by atoms with E-state index in [9.17, 15) is 4.79 Å². The molecule has 0 bridgehead atoms. The molecular formula is C14H20N2O. The number of allylic oxidation sites excluding steroid dienone is 1. The SMILES string of the molecule is CC/C=C(/C)C(=O)NCCc1ccc(N)cc1. The van der Waals surface area contributed by atoms with Gasteiger partial charge in [-0.2, -0.15) is 0 Å². The van der Waals surface area contributed by atoms with Crippen LogP contribution in [0.1, 0.15) is 25.8 Å². The Kier molecular flexibility index (Phi) is 5.27. The van der Waals surface area contributed by atoms with Crippen LogP contribution in [0, 0.1) is 0 Å². The van der Waals surface area contributed by atoms with Gasteiger partial charge < -0.3 is 11.1 Å². The first-order valence-electron chi connectivity index (χ1n) is 5.93. The Bertz CT molecular complexity index is 393. The Balaban J connectivity index is 2.35. The highest BCUT2D eigenvalue weighted by Crippen LogP contribution is 2.05. The topological polar surface area (TPSA) is 55.1 Å². The summed E-state index contributed by atoms with van der Waals surface area (Å²) in [4.78, 5) is 11.6. The summed E-state index contributed by atoms with van der Waals surface area (Å²) in [6.45, 7) is 4.50. The third-order valence-corrected chi connectivity index (χ3v) is 2.55. The van der Waals surface area contributed by atoms with Crippen molar-refractivity contribution in [2.75, 3.05) is 12.3 Å². The lowest BCUT2D eigenvalue weighted by atomic mass is 10.1. The molecule has 1 aromatic rings. The monoisotopic (exact) mass is 232 g/mol. The molecule has 0 fully saturated rings. The molecule has 0 unspecified atom stereocenters. The van der Waals surface area contributed by atoms with E-state index in [2.05, 4.69) is 5.32 Å². The number of carbonyl (C=O) groups is 1. The van der Waals surface area contributed by atoms with E-state index in [1.807, 2.05) is 44.2 Å². The molecule has 3 N–H and O–H groups in total. The number of hydrogen-bond acceptors (Lipinski definition) is 2. The van der Waals surface area contributed by atoms with E-state index in [1.165, 1.54) is 5.56 Å². The Morgan fingerprint density at radius 3 is 2.59 bits per heavy atom. The first-order chi connectivity index (χ1) is 8.13. The van der Waals surface area contributed by atoms with Crippen molar-refractivity contribution in [2.24, 2.45) is 0 Å². The largest absolute Gasteiger partial charge is 0.399 e. The molecule has 0 aliphatic rings. The van der Waals surface area contributed by atoms with Gasteiger partial charge in [0.2, 0.25) is 5.91 Å². The minimum absolute atomic E-state index is 0.0160. The molecule has 92 valence electrons. The molecule has 0 saturated heterocycles. The lowest BCUT2D eigenvalue weighted by Crippen LogP contribution is -2.26. The highest BCUT2D eigenvalue weighted by Gasteiger charge is 2.02. The van der Waals surface area contributed by atoms with Crippen LogP contribution in [-0.2, 0) is 11.2 Å². The Morgan fingerprint density at radius 1 is 1.35 bits per heavy atom. The zero-order chi connectivity index (χ0) is 12.7. The van der Waals surface area contributed by atoms with E-state index in [1.54, 1.807) is 0 Å². The van der Waals surface area contributed by atoms with Crippen molar-refractivity contribution in [3.63, 3.8) is 0 Å². The van der Waals surface area contributed by atoms with Crippen molar-refractivity contribution in [1.82, 2.24) is 5.32 Å². The van der Waals surface area contributed by atoms with Gasteiger partial charge in [-0.1, -0.05) is 25.1 Å². The maximum Gasteiger partial charge on any atom is 0.246 e. The van der Waals surface area contributed by atoms with Gasteiger partial charge in [-0.15, -0.1) is 0 Å². The molecule has 3 nitrogen and oxygen atoms in total. The molecule has 0 aliphatic carbocycles. The summed E-state index contributed by atoms with van der Waals surface area (Å²) < 4.78 is 0. The number of nitrogens with one attached hydrogen (secondary N) is 1. The van der Waals surface area contributed by atoms with Crippen molar-refractivity contribution < 1.29 is 4.79 Å². The van der Waals surface area contributed by atoms with Crippen molar-refractivity contribution in [3.8, 4) is 0 Å². The first kappa shape index (κ1) is 13.3. The number of nitrogens with two attached hydrogens (primary N) is 1. The fraction of sp³-hybridized carbons (Fsp3) is 0.357. The number of anilines is 1. The second-order valence-electron chi connectivity index (χ2n) is 4.04. The number of carbonyl (C=O) groups excluding carboxylic acids is 1. The standard InChI is InChI=1S/C14H20N2O/c1-3-4-11(2)14(17)16-10-9-12-5-7-13(15)8-6-12/h4-8H,3,9-10,15H2,1-2H3,(H,16,17)/b11-4-. The van der Waals surface area contributed by atoms with Crippen molar-refractivity contribution >= 4 is 11.6 Å². The average Bonchev–Trinajstić information content (AvgIpc) is 2.32. The minimum Gasteiger partial charge on any atom is -0.399 e. The second-order valence-corrected chi connectivity index (χ2v) is 4.04. The Labute approximate surface area is 103 Å². The van der Waals surface area contributed by atoms with Crippen LogP contribution in [0.25, 0.3) is 0 Å². The van der Waals surface area contributed by atoms with Gasteiger partial charge in [-0.05, 0) is 37.5 Å². The third kappa shape index (κ3) is 4.72. The summed E-state index contributed by atoms with van der Waals surface area (Å²) >= 11 is 0. The zero-order valence-corrected chi connectivity index (χ0v) is 10.5. The van der Waals surface area contributed by atoms with E-state index in [0.717, 1.165) is 24.1 Å². The first-order valence-corrected chi connectivity index (χ1v) is 5.93.